The van der Waals surface area contributed by atoms with Gasteiger partial charge in [-0.15, -0.1) is 0 Å². The molecule has 3 N–H and O–H groups in total. The number of hydrogen-bond acceptors (Lipinski definition) is 4. The molecular formula is C17H30N4. The molecule has 0 amide bonds. The fourth-order valence-corrected chi connectivity index (χ4v) is 2.58. The fraction of sp³-hybridized carbons (Fsp3) is 0.647. The number of nitrogens with zero attached hydrogens (tertiary/aromatic N) is 2. The molecule has 0 bridgehead atoms. The first-order valence-electron chi connectivity index (χ1n) is 8.05. The van der Waals surface area contributed by atoms with E-state index < -0.39 is 0 Å². The first kappa shape index (κ1) is 17.5. The van der Waals surface area contributed by atoms with Crippen LogP contribution in [-0.4, -0.2) is 29.0 Å². The summed E-state index contributed by atoms with van der Waals surface area (Å²) in [6.07, 6.45) is 9.90. The van der Waals surface area contributed by atoms with Crippen molar-refractivity contribution in [1.82, 2.24) is 4.90 Å². The van der Waals surface area contributed by atoms with Crippen LogP contribution in [0.25, 0.3) is 0 Å². The Balaban J connectivity index is 2.80. The second-order valence-corrected chi connectivity index (χ2v) is 5.74. The van der Waals surface area contributed by atoms with Crippen LogP contribution in [0.2, 0.25) is 0 Å². The molecule has 0 saturated carbocycles. The summed E-state index contributed by atoms with van der Waals surface area (Å²) in [6, 6.07) is -0.212. The van der Waals surface area contributed by atoms with E-state index in [0.717, 1.165) is 30.7 Å². The van der Waals surface area contributed by atoms with Crippen LogP contribution in [0.1, 0.15) is 59.8 Å². The molecule has 0 aromatic heterocycles. The maximum absolute atomic E-state index is 8.47. The van der Waals surface area contributed by atoms with Crippen LogP contribution in [0.4, 0.5) is 0 Å². The Labute approximate surface area is 129 Å². The molecule has 0 saturated heterocycles. The lowest BCUT2D eigenvalue weighted by Crippen LogP contribution is -2.49. The molecule has 0 aliphatic carbocycles. The summed E-state index contributed by atoms with van der Waals surface area (Å²) in [4.78, 5) is 6.50. The van der Waals surface area contributed by atoms with Crippen LogP contribution in [-0.2, 0) is 0 Å². The molecule has 1 unspecified atom stereocenters. The topological polar surface area (TPSA) is 65.5 Å². The lowest BCUT2D eigenvalue weighted by Gasteiger charge is -2.33. The molecular weight excluding hydrogens is 260 g/mol. The van der Waals surface area contributed by atoms with Crippen LogP contribution < -0.4 is 5.73 Å². The van der Waals surface area contributed by atoms with E-state index in [2.05, 4.69) is 29.8 Å². The number of nitrogens with one attached hydrogen (secondary N) is 1. The van der Waals surface area contributed by atoms with Gasteiger partial charge in [-0.2, -0.15) is 0 Å². The molecule has 1 aliphatic heterocycles. The standard InChI is InChI=1S/C17H30N4/c1-5-7-8-9-10-13(3)15(18)16-17(19)20-14(4)12-21(16)11-6-2/h10,12,16,18H,5-9,11H2,1-4H3,(H2,19,20)/b13-10+,18-15?. The molecule has 4 nitrogen and oxygen atoms in total. The van der Waals surface area contributed by atoms with E-state index in [9.17, 15) is 0 Å². The zero-order valence-corrected chi connectivity index (χ0v) is 13.9. The Kier molecular flexibility index (Phi) is 7.20. The van der Waals surface area contributed by atoms with Crippen LogP contribution in [0.15, 0.2) is 28.5 Å². The molecule has 1 atom stereocenters. The molecule has 0 spiro atoms. The van der Waals surface area contributed by atoms with Crippen molar-refractivity contribution in [3.05, 3.63) is 23.5 Å². The largest absolute Gasteiger partial charge is 0.385 e. The highest BCUT2D eigenvalue weighted by atomic mass is 15.2. The summed E-state index contributed by atoms with van der Waals surface area (Å²) < 4.78 is 0. The second-order valence-electron chi connectivity index (χ2n) is 5.74. The Morgan fingerprint density at radius 2 is 2.10 bits per heavy atom. The fourth-order valence-electron chi connectivity index (χ4n) is 2.58. The van der Waals surface area contributed by atoms with Crippen molar-refractivity contribution in [2.75, 3.05) is 6.54 Å². The van der Waals surface area contributed by atoms with Gasteiger partial charge in [0.2, 0.25) is 0 Å². The van der Waals surface area contributed by atoms with E-state index in [4.69, 9.17) is 11.1 Å². The Morgan fingerprint density at radius 3 is 2.71 bits per heavy atom. The van der Waals surface area contributed by atoms with Crippen molar-refractivity contribution in [2.45, 2.75) is 65.8 Å². The number of amidine groups is 1. The van der Waals surface area contributed by atoms with Gasteiger partial charge in [0, 0.05) is 12.7 Å². The van der Waals surface area contributed by atoms with Crippen molar-refractivity contribution in [3.8, 4) is 0 Å². The van der Waals surface area contributed by atoms with Gasteiger partial charge in [-0.1, -0.05) is 32.8 Å². The summed E-state index contributed by atoms with van der Waals surface area (Å²) in [6.45, 7) is 9.19. The number of rotatable bonds is 8. The maximum Gasteiger partial charge on any atom is 0.128 e. The zero-order valence-electron chi connectivity index (χ0n) is 13.9. The van der Waals surface area contributed by atoms with Crippen molar-refractivity contribution in [2.24, 2.45) is 10.7 Å². The minimum Gasteiger partial charge on any atom is -0.385 e. The van der Waals surface area contributed by atoms with Crippen molar-refractivity contribution < 1.29 is 0 Å². The van der Waals surface area contributed by atoms with Gasteiger partial charge in [-0.05, 0) is 38.7 Å². The highest BCUT2D eigenvalue weighted by molar-refractivity contribution is 6.16. The quantitative estimate of drug-likeness (QED) is 0.527. The molecule has 1 heterocycles. The third-order valence-corrected chi connectivity index (χ3v) is 3.71. The molecule has 1 rings (SSSR count). The van der Waals surface area contributed by atoms with Gasteiger partial charge < -0.3 is 16.0 Å². The molecule has 4 heteroatoms. The third kappa shape index (κ3) is 5.03. The highest BCUT2D eigenvalue weighted by Crippen LogP contribution is 2.17. The average Bonchev–Trinajstić information content (AvgIpc) is 2.42. The van der Waals surface area contributed by atoms with Crippen LogP contribution in [0, 0.1) is 5.41 Å². The van der Waals surface area contributed by atoms with Crippen molar-refractivity contribution >= 4 is 11.5 Å². The maximum atomic E-state index is 8.47. The summed E-state index contributed by atoms with van der Waals surface area (Å²) >= 11 is 0. The van der Waals surface area contributed by atoms with Gasteiger partial charge in [0.25, 0.3) is 0 Å². The van der Waals surface area contributed by atoms with E-state index in [0.29, 0.717) is 11.5 Å². The number of hydrogen-bond donors (Lipinski definition) is 2. The smallest absolute Gasteiger partial charge is 0.128 e. The van der Waals surface area contributed by atoms with E-state index in [1.54, 1.807) is 0 Å². The van der Waals surface area contributed by atoms with Crippen LogP contribution in [0.5, 0.6) is 0 Å². The van der Waals surface area contributed by atoms with E-state index in [1.165, 1.54) is 19.3 Å². The molecule has 1 aliphatic rings. The van der Waals surface area contributed by atoms with Crippen molar-refractivity contribution in [3.63, 3.8) is 0 Å². The minimum atomic E-state index is -0.212. The molecule has 0 aromatic rings. The Bertz CT molecular complexity index is 446. The van der Waals surface area contributed by atoms with E-state index in [1.807, 2.05) is 20.0 Å². The number of allylic oxidation sites excluding steroid dienone is 2. The van der Waals surface area contributed by atoms with E-state index >= 15 is 0 Å². The molecule has 0 radical (unpaired) electrons. The van der Waals surface area contributed by atoms with E-state index in [-0.39, 0.29) is 6.04 Å². The molecule has 0 fully saturated rings. The SMILES string of the molecule is CCCCC/C=C(\C)C(=N)C1C(N)=NC(C)=CN1CCC. The monoisotopic (exact) mass is 290 g/mol. The molecule has 118 valence electrons. The summed E-state index contributed by atoms with van der Waals surface area (Å²) in [7, 11) is 0. The van der Waals surface area contributed by atoms with Gasteiger partial charge in [-0.25, -0.2) is 4.99 Å². The Morgan fingerprint density at radius 1 is 1.38 bits per heavy atom. The molecule has 21 heavy (non-hydrogen) atoms. The third-order valence-electron chi connectivity index (χ3n) is 3.71. The predicted octanol–water partition coefficient (Wildman–Crippen LogP) is 3.85. The number of nitrogens with two attached hydrogens (primary N) is 1. The van der Waals surface area contributed by atoms with Crippen LogP contribution in [0.3, 0.4) is 0 Å². The van der Waals surface area contributed by atoms with Gasteiger partial charge in [0.1, 0.15) is 11.9 Å². The minimum absolute atomic E-state index is 0.212. The second kappa shape index (κ2) is 8.65. The van der Waals surface area contributed by atoms with Gasteiger partial charge in [0.05, 0.1) is 11.4 Å². The first-order chi connectivity index (χ1) is 10.0. The normalized spacial score (nSPS) is 19.3. The number of aliphatic imine (C=N–C) groups is 1. The lowest BCUT2D eigenvalue weighted by atomic mass is 9.99. The predicted molar refractivity (Wildman–Crippen MR) is 91.8 cm³/mol. The van der Waals surface area contributed by atoms with Crippen molar-refractivity contribution in [1.29, 1.82) is 5.41 Å². The highest BCUT2D eigenvalue weighted by Gasteiger charge is 2.27. The zero-order chi connectivity index (χ0) is 15.8. The van der Waals surface area contributed by atoms with Gasteiger partial charge >= 0.3 is 0 Å². The lowest BCUT2D eigenvalue weighted by molar-refractivity contribution is 0.376. The van der Waals surface area contributed by atoms with Gasteiger partial charge in [-0.3, -0.25) is 0 Å². The molecule has 0 aromatic carbocycles. The number of unbranched alkanes of at least 4 members (excludes halogenated alkanes) is 3. The summed E-state index contributed by atoms with van der Waals surface area (Å²) in [5.41, 5.74) is 8.61. The first-order valence-corrected chi connectivity index (χ1v) is 8.05. The van der Waals surface area contributed by atoms with Crippen LogP contribution >= 0.6 is 0 Å². The summed E-state index contributed by atoms with van der Waals surface area (Å²) in [5, 5.41) is 8.47. The average molecular weight is 290 g/mol. The van der Waals surface area contributed by atoms with Gasteiger partial charge in [0.15, 0.2) is 0 Å². The summed E-state index contributed by atoms with van der Waals surface area (Å²) in [5.74, 6) is 0.537. The Hall–Kier alpha value is -1.58.